The van der Waals surface area contributed by atoms with Crippen LogP contribution in [0.5, 0.6) is 0 Å². The summed E-state index contributed by atoms with van der Waals surface area (Å²) in [6.45, 7) is 0. The molecule has 0 aliphatic heterocycles. The SMILES string of the molecule is Clc1nc2ccccn2c1C1CC1(Br)Br. The van der Waals surface area contributed by atoms with Crippen molar-refractivity contribution >= 4 is 49.1 Å². The Bertz CT molecular complexity index is 535. The first-order valence-electron chi connectivity index (χ1n) is 4.60. The molecule has 0 saturated heterocycles. The molecule has 0 N–H and O–H groups in total. The van der Waals surface area contributed by atoms with Gasteiger partial charge in [0, 0.05) is 12.1 Å². The highest BCUT2D eigenvalue weighted by Crippen LogP contribution is 2.63. The molecule has 78 valence electrons. The Morgan fingerprint density at radius 1 is 1.47 bits per heavy atom. The third-order valence-electron chi connectivity index (χ3n) is 2.68. The second kappa shape index (κ2) is 3.22. The summed E-state index contributed by atoms with van der Waals surface area (Å²) in [4.78, 5) is 4.33. The van der Waals surface area contributed by atoms with Crippen LogP contribution in [-0.4, -0.2) is 12.6 Å². The number of hydrogen-bond donors (Lipinski definition) is 0. The van der Waals surface area contributed by atoms with Crippen molar-refractivity contribution in [1.29, 1.82) is 0 Å². The van der Waals surface area contributed by atoms with Crippen LogP contribution >= 0.6 is 43.5 Å². The van der Waals surface area contributed by atoms with Crippen molar-refractivity contribution < 1.29 is 0 Å². The highest BCUT2D eigenvalue weighted by molar-refractivity contribution is 9.25. The van der Waals surface area contributed by atoms with Gasteiger partial charge in [0.05, 0.1) is 8.93 Å². The lowest BCUT2D eigenvalue weighted by atomic mass is 10.3. The molecule has 5 heteroatoms. The van der Waals surface area contributed by atoms with E-state index in [0.29, 0.717) is 11.1 Å². The summed E-state index contributed by atoms with van der Waals surface area (Å²) in [6, 6.07) is 5.91. The van der Waals surface area contributed by atoms with E-state index in [0.717, 1.165) is 17.8 Å². The van der Waals surface area contributed by atoms with Crippen molar-refractivity contribution in [2.75, 3.05) is 0 Å². The molecule has 1 unspecified atom stereocenters. The quantitative estimate of drug-likeness (QED) is 0.712. The largest absolute Gasteiger partial charge is 0.302 e. The molecule has 2 aromatic heterocycles. The number of hydrogen-bond acceptors (Lipinski definition) is 1. The molecule has 2 nitrogen and oxygen atoms in total. The number of fused-ring (bicyclic) bond motifs is 1. The first kappa shape index (κ1) is 10.1. The summed E-state index contributed by atoms with van der Waals surface area (Å²) in [5.41, 5.74) is 1.99. The van der Waals surface area contributed by atoms with E-state index >= 15 is 0 Å². The summed E-state index contributed by atoms with van der Waals surface area (Å²) in [6.07, 6.45) is 3.04. The average molecular weight is 350 g/mol. The molecule has 0 radical (unpaired) electrons. The van der Waals surface area contributed by atoms with Crippen LogP contribution in [0, 0.1) is 0 Å². The lowest BCUT2D eigenvalue weighted by Crippen LogP contribution is -1.94. The molecule has 1 aliphatic rings. The van der Waals surface area contributed by atoms with Gasteiger partial charge in [-0.05, 0) is 18.6 Å². The van der Waals surface area contributed by atoms with Crippen LogP contribution in [0.25, 0.3) is 5.65 Å². The van der Waals surface area contributed by atoms with E-state index in [1.807, 2.05) is 24.4 Å². The van der Waals surface area contributed by atoms with Crippen LogP contribution < -0.4 is 0 Å². The van der Waals surface area contributed by atoms with Gasteiger partial charge in [-0.15, -0.1) is 0 Å². The first-order valence-corrected chi connectivity index (χ1v) is 6.56. The Morgan fingerprint density at radius 2 is 2.20 bits per heavy atom. The standard InChI is InChI=1S/C10H7Br2ClN2/c11-10(12)5-6(10)8-9(13)14-7-3-1-2-4-15(7)8/h1-4,6H,5H2. The second-order valence-electron chi connectivity index (χ2n) is 3.73. The molecule has 0 aromatic carbocycles. The molecule has 2 aromatic rings. The van der Waals surface area contributed by atoms with E-state index in [1.54, 1.807) is 0 Å². The maximum atomic E-state index is 6.16. The van der Waals surface area contributed by atoms with Crippen molar-refractivity contribution in [3.63, 3.8) is 0 Å². The van der Waals surface area contributed by atoms with Crippen molar-refractivity contribution in [3.05, 3.63) is 35.2 Å². The zero-order valence-electron chi connectivity index (χ0n) is 7.62. The van der Waals surface area contributed by atoms with Crippen molar-refractivity contribution in [3.8, 4) is 0 Å². The molecule has 0 amide bonds. The fraction of sp³-hybridized carbons (Fsp3) is 0.300. The van der Waals surface area contributed by atoms with Gasteiger partial charge in [0.15, 0.2) is 5.15 Å². The number of rotatable bonds is 1. The fourth-order valence-electron chi connectivity index (χ4n) is 1.81. The molecule has 15 heavy (non-hydrogen) atoms. The minimum atomic E-state index is 0.00937. The smallest absolute Gasteiger partial charge is 0.151 e. The van der Waals surface area contributed by atoms with Gasteiger partial charge in [-0.3, -0.25) is 0 Å². The highest BCUT2D eigenvalue weighted by Gasteiger charge is 2.53. The summed E-state index contributed by atoms with van der Waals surface area (Å²) in [5, 5.41) is 0.604. The summed E-state index contributed by atoms with van der Waals surface area (Å²) in [5.74, 6) is 0.391. The average Bonchev–Trinajstić information content (AvgIpc) is 2.68. The van der Waals surface area contributed by atoms with E-state index in [4.69, 9.17) is 11.6 Å². The number of halogens is 3. The van der Waals surface area contributed by atoms with E-state index in [2.05, 4.69) is 41.2 Å². The molecule has 0 bridgehead atoms. The molecule has 1 fully saturated rings. The van der Waals surface area contributed by atoms with Crippen LogP contribution in [-0.2, 0) is 0 Å². The predicted octanol–water partition coefficient (Wildman–Crippen LogP) is 3.96. The molecular weight excluding hydrogens is 343 g/mol. The van der Waals surface area contributed by atoms with Gasteiger partial charge in [-0.25, -0.2) is 4.98 Å². The Morgan fingerprint density at radius 3 is 2.87 bits per heavy atom. The van der Waals surface area contributed by atoms with Crippen LogP contribution in [0.15, 0.2) is 24.4 Å². The van der Waals surface area contributed by atoms with E-state index in [-0.39, 0.29) is 3.23 Å². The minimum Gasteiger partial charge on any atom is -0.302 e. The zero-order valence-corrected chi connectivity index (χ0v) is 11.6. The number of imidazole rings is 1. The number of pyridine rings is 1. The Hall–Kier alpha value is -0.0600. The maximum Gasteiger partial charge on any atom is 0.151 e. The van der Waals surface area contributed by atoms with E-state index in [1.165, 1.54) is 0 Å². The Kier molecular flexibility index (Phi) is 2.17. The zero-order chi connectivity index (χ0) is 10.6. The van der Waals surface area contributed by atoms with Gasteiger partial charge in [-0.1, -0.05) is 49.5 Å². The highest BCUT2D eigenvalue weighted by atomic mass is 79.9. The molecular formula is C10H7Br2ClN2. The van der Waals surface area contributed by atoms with Gasteiger partial charge in [0.2, 0.25) is 0 Å². The summed E-state index contributed by atoms with van der Waals surface area (Å²) in [7, 11) is 0. The minimum absolute atomic E-state index is 0.00937. The van der Waals surface area contributed by atoms with Crippen molar-refractivity contribution in [1.82, 2.24) is 9.38 Å². The number of alkyl halides is 2. The Balaban J connectivity index is 2.22. The third kappa shape index (κ3) is 1.54. The molecule has 0 spiro atoms. The lowest BCUT2D eigenvalue weighted by molar-refractivity contribution is 0.983. The van der Waals surface area contributed by atoms with E-state index < -0.39 is 0 Å². The first-order chi connectivity index (χ1) is 7.09. The lowest BCUT2D eigenvalue weighted by Gasteiger charge is -2.01. The molecule has 1 aliphatic carbocycles. The Labute approximate surface area is 109 Å². The van der Waals surface area contributed by atoms with Crippen LogP contribution in [0.4, 0.5) is 0 Å². The predicted molar refractivity (Wildman–Crippen MR) is 68.1 cm³/mol. The van der Waals surface area contributed by atoms with Gasteiger partial charge in [0.1, 0.15) is 5.65 Å². The normalized spacial score (nSPS) is 23.3. The van der Waals surface area contributed by atoms with Gasteiger partial charge < -0.3 is 4.40 Å². The van der Waals surface area contributed by atoms with Crippen molar-refractivity contribution in [2.45, 2.75) is 15.6 Å². The van der Waals surface area contributed by atoms with Gasteiger partial charge >= 0.3 is 0 Å². The topological polar surface area (TPSA) is 17.3 Å². The molecule has 3 rings (SSSR count). The molecule has 2 heterocycles. The summed E-state index contributed by atoms with van der Waals surface area (Å²) >= 11 is 13.4. The third-order valence-corrected chi connectivity index (χ3v) is 4.71. The van der Waals surface area contributed by atoms with Crippen LogP contribution in [0.3, 0.4) is 0 Å². The number of nitrogens with zero attached hydrogens (tertiary/aromatic N) is 2. The molecule has 1 saturated carbocycles. The monoisotopic (exact) mass is 348 g/mol. The maximum absolute atomic E-state index is 6.16. The van der Waals surface area contributed by atoms with Gasteiger partial charge in [0.25, 0.3) is 0 Å². The number of aromatic nitrogens is 2. The summed E-state index contributed by atoms with van der Waals surface area (Å²) < 4.78 is 2.06. The fourth-order valence-corrected chi connectivity index (χ4v) is 3.20. The second-order valence-corrected chi connectivity index (χ2v) is 7.99. The molecule has 1 atom stereocenters. The van der Waals surface area contributed by atoms with Crippen LogP contribution in [0.2, 0.25) is 5.15 Å². The van der Waals surface area contributed by atoms with Gasteiger partial charge in [-0.2, -0.15) is 0 Å². The van der Waals surface area contributed by atoms with E-state index in [9.17, 15) is 0 Å². The van der Waals surface area contributed by atoms with Crippen LogP contribution in [0.1, 0.15) is 18.0 Å². The van der Waals surface area contributed by atoms with Crippen molar-refractivity contribution in [2.24, 2.45) is 0 Å².